The molecule has 0 spiro atoms. The molecule has 4 aliphatic rings. The minimum atomic E-state index is -5.27. The monoisotopic (exact) mass is 669 g/mol. The zero-order chi connectivity index (χ0) is 34.1. The van der Waals surface area contributed by atoms with E-state index < -0.39 is 100 Å². The summed E-state index contributed by atoms with van der Waals surface area (Å²) in [4.78, 5) is 64.5. The van der Waals surface area contributed by atoms with Gasteiger partial charge >= 0.3 is 12.1 Å². The summed E-state index contributed by atoms with van der Waals surface area (Å²) in [7, 11) is 0. The second kappa shape index (κ2) is 11.5. The first kappa shape index (κ1) is 35.2. The lowest BCUT2D eigenvalue weighted by atomic mass is 9.85. The number of halogens is 5. The quantitative estimate of drug-likeness (QED) is 0.148. The lowest BCUT2D eigenvalue weighted by Crippen LogP contribution is -2.68. The van der Waals surface area contributed by atoms with Crippen LogP contribution in [0.2, 0.25) is 0 Å². The largest absolute Gasteiger partial charge is 0.471 e. The molecule has 4 N–H and O–H groups in total. The van der Waals surface area contributed by atoms with E-state index in [-0.39, 0.29) is 18.9 Å². The van der Waals surface area contributed by atoms with E-state index in [1.807, 2.05) is 13.8 Å². The molecule has 11 nitrogen and oxygen atoms in total. The molecule has 4 rings (SSSR count). The maximum Gasteiger partial charge on any atom is 0.471 e. The Morgan fingerprint density at radius 3 is 2.22 bits per heavy atom. The van der Waals surface area contributed by atoms with Crippen molar-refractivity contribution < 1.29 is 51.0 Å². The van der Waals surface area contributed by atoms with Gasteiger partial charge in [-0.25, -0.2) is 8.78 Å². The van der Waals surface area contributed by atoms with Crippen molar-refractivity contribution in [3.63, 3.8) is 0 Å². The molecule has 0 unspecified atom stereocenters. The van der Waals surface area contributed by atoms with Crippen molar-refractivity contribution >= 4 is 42.2 Å². The molecule has 0 aromatic heterocycles. The van der Waals surface area contributed by atoms with Gasteiger partial charge < -0.3 is 30.9 Å². The van der Waals surface area contributed by atoms with Crippen molar-refractivity contribution in [1.82, 2.24) is 25.8 Å². The summed E-state index contributed by atoms with van der Waals surface area (Å²) < 4.78 is 66.6. The Balaban J connectivity index is 1.63. The second-order valence-corrected chi connectivity index (χ2v) is 15.0. The average Bonchev–Trinajstić information content (AvgIpc) is 3.20. The summed E-state index contributed by atoms with van der Waals surface area (Å²) in [5.74, 6) is -10.3. The number of carbonyl (C=O) groups excluding carboxylic acids is 5. The van der Waals surface area contributed by atoms with Crippen molar-refractivity contribution in [3.05, 3.63) is 0 Å². The number of piperidine rings is 2. The van der Waals surface area contributed by atoms with Gasteiger partial charge in [0.25, 0.3) is 11.8 Å². The van der Waals surface area contributed by atoms with Crippen LogP contribution in [0, 0.1) is 28.6 Å². The third-order valence-corrected chi connectivity index (χ3v) is 10.1. The van der Waals surface area contributed by atoms with Gasteiger partial charge in [0.05, 0.1) is 19.1 Å². The summed E-state index contributed by atoms with van der Waals surface area (Å²) in [6.07, 6.45) is -4.65. The summed E-state index contributed by atoms with van der Waals surface area (Å²) >= 11 is 4.11. The molecule has 1 saturated carbocycles. The van der Waals surface area contributed by atoms with Gasteiger partial charge in [0.15, 0.2) is 0 Å². The predicted octanol–water partition coefficient (Wildman–Crippen LogP) is 1.06. The molecule has 3 saturated heterocycles. The van der Waals surface area contributed by atoms with Crippen molar-refractivity contribution in [2.24, 2.45) is 28.6 Å². The second-order valence-electron chi connectivity index (χ2n) is 14.3. The molecular weight excluding hydrogens is 629 g/mol. The Morgan fingerprint density at radius 2 is 1.71 bits per heavy atom. The van der Waals surface area contributed by atoms with E-state index in [2.05, 4.69) is 23.3 Å². The zero-order valence-electron chi connectivity index (χ0n) is 25.6. The van der Waals surface area contributed by atoms with Crippen LogP contribution in [0.1, 0.15) is 53.9 Å². The number of nitrogens with one attached hydrogen (secondary N) is 3. The Hall–Kier alpha value is -2.69. The first-order valence-electron chi connectivity index (χ1n) is 14.8. The normalized spacial score (nSPS) is 29.7. The van der Waals surface area contributed by atoms with Gasteiger partial charge in [0.2, 0.25) is 22.7 Å². The molecule has 5 amide bonds. The van der Waals surface area contributed by atoms with E-state index in [0.29, 0.717) is 24.3 Å². The average molecular weight is 670 g/mol. The van der Waals surface area contributed by atoms with Gasteiger partial charge in [0.1, 0.15) is 12.1 Å². The van der Waals surface area contributed by atoms with E-state index in [0.717, 1.165) is 4.90 Å². The number of rotatable bonds is 8. The fraction of sp³-hybridized carbons (Fsp3) is 0.821. The van der Waals surface area contributed by atoms with Crippen LogP contribution < -0.4 is 16.0 Å². The van der Waals surface area contributed by atoms with Crippen molar-refractivity contribution in [2.75, 3.05) is 26.2 Å². The molecule has 3 heterocycles. The number of likely N-dealkylation sites (tertiary alicyclic amines) is 2. The third-order valence-electron chi connectivity index (χ3n) is 9.57. The van der Waals surface area contributed by atoms with Gasteiger partial charge in [0, 0.05) is 19.0 Å². The fourth-order valence-electron chi connectivity index (χ4n) is 6.80. The molecule has 0 bridgehead atoms. The molecule has 1 aliphatic carbocycles. The van der Waals surface area contributed by atoms with Crippen LogP contribution in [0.5, 0.6) is 0 Å². The number of thiol groups is 1. The molecule has 0 aromatic carbocycles. The molecule has 17 heteroatoms. The van der Waals surface area contributed by atoms with Crippen LogP contribution in [0.25, 0.3) is 0 Å². The highest BCUT2D eigenvalue weighted by Crippen LogP contribution is 2.65. The van der Waals surface area contributed by atoms with E-state index in [1.165, 1.54) is 20.8 Å². The van der Waals surface area contributed by atoms with E-state index in [9.17, 15) is 51.0 Å². The van der Waals surface area contributed by atoms with Gasteiger partial charge in [-0.1, -0.05) is 34.6 Å². The summed E-state index contributed by atoms with van der Waals surface area (Å²) in [6, 6.07) is -4.52. The Labute approximate surface area is 262 Å². The third kappa shape index (κ3) is 6.88. The number of fused-ring (bicyclic) bond motifs is 1. The van der Waals surface area contributed by atoms with E-state index in [1.54, 1.807) is 5.32 Å². The number of hydrogen-bond acceptors (Lipinski definition) is 7. The maximum atomic E-state index is 14.0. The summed E-state index contributed by atoms with van der Waals surface area (Å²) in [6.45, 7) is 6.52. The Morgan fingerprint density at radius 1 is 1.11 bits per heavy atom. The van der Waals surface area contributed by atoms with E-state index in [4.69, 9.17) is 0 Å². The fourth-order valence-corrected chi connectivity index (χ4v) is 7.12. The van der Waals surface area contributed by atoms with Gasteiger partial charge in [-0.05, 0) is 41.9 Å². The molecule has 4 fully saturated rings. The molecule has 45 heavy (non-hydrogen) atoms. The SMILES string of the molecule is CC(C)(C)[C@H](NC(=O)C(F)(F)F)C(=O)N1C[C@H]2[C@@H]([C@H]1C(=O)N[C@@H](C[C@@H]1CCCNC1=O)[C@](O)(S)C(=O)N1CC(F)(F)C1)C2(C)C. The number of amides is 5. The Bertz CT molecular complexity index is 1250. The van der Waals surface area contributed by atoms with Crippen LogP contribution in [-0.4, -0.2) is 106 Å². The molecule has 0 radical (unpaired) electrons. The number of carbonyl (C=O) groups is 5. The Kier molecular flexibility index (Phi) is 9.01. The van der Waals surface area contributed by atoms with Crippen molar-refractivity contribution in [2.45, 2.75) is 89.0 Å². The lowest BCUT2D eigenvalue weighted by molar-refractivity contribution is -0.177. The molecule has 7 atom stereocenters. The smallest absolute Gasteiger partial charge is 0.369 e. The van der Waals surface area contributed by atoms with Crippen LogP contribution in [0.15, 0.2) is 0 Å². The summed E-state index contributed by atoms with van der Waals surface area (Å²) in [5.41, 5.74) is -1.66. The van der Waals surface area contributed by atoms with Gasteiger partial charge in [-0.15, -0.1) is 12.6 Å². The zero-order valence-corrected chi connectivity index (χ0v) is 26.5. The number of nitrogens with zero attached hydrogens (tertiary/aromatic N) is 2. The van der Waals surface area contributed by atoms with Crippen LogP contribution in [0.3, 0.4) is 0 Å². The highest BCUT2D eigenvalue weighted by atomic mass is 32.1. The van der Waals surface area contributed by atoms with Crippen LogP contribution in [0.4, 0.5) is 22.0 Å². The molecular formula is C28H40F5N5O6S. The van der Waals surface area contributed by atoms with Crippen molar-refractivity contribution in [1.29, 1.82) is 0 Å². The number of hydrogen-bond donors (Lipinski definition) is 5. The highest BCUT2D eigenvalue weighted by Gasteiger charge is 2.70. The minimum Gasteiger partial charge on any atom is -0.369 e. The molecule has 3 aliphatic heterocycles. The topological polar surface area (TPSA) is 148 Å². The first-order chi connectivity index (χ1) is 20.4. The number of aliphatic hydroxyl groups is 1. The minimum absolute atomic E-state index is 0.00825. The van der Waals surface area contributed by atoms with Crippen LogP contribution in [-0.2, 0) is 24.0 Å². The maximum absolute atomic E-state index is 14.0. The van der Waals surface area contributed by atoms with Crippen molar-refractivity contribution in [3.8, 4) is 0 Å². The van der Waals surface area contributed by atoms with Crippen LogP contribution >= 0.6 is 12.6 Å². The van der Waals surface area contributed by atoms with Gasteiger partial charge in [-0.3, -0.25) is 24.0 Å². The summed E-state index contributed by atoms with van der Waals surface area (Å²) in [5, 5.41) is 18.3. The molecule has 0 aromatic rings. The first-order valence-corrected chi connectivity index (χ1v) is 15.2. The van der Waals surface area contributed by atoms with Gasteiger partial charge in [-0.2, -0.15) is 13.2 Å². The number of alkyl halides is 5. The standard InChI is InChI=1S/C28H40F5N5O6S/c1-24(2,3)18(36-22(42)28(31,32)33)21(41)38-10-14-16(25(14,4)5)17(38)20(40)35-15(9-13-7-6-8-34-19(13)39)27(44,45)23(43)37-11-26(29,30)12-37/h13-18,44-45H,6-12H2,1-5H3,(H,34,39)(H,35,40)(H,36,42)/t13-,14-,15-,16-,17-,18+,27-/m0/s1. The highest BCUT2D eigenvalue weighted by molar-refractivity contribution is 7.82. The lowest BCUT2D eigenvalue weighted by Gasteiger charge is -2.44. The molecule has 254 valence electrons. The van der Waals surface area contributed by atoms with E-state index >= 15 is 0 Å². The predicted molar refractivity (Wildman–Crippen MR) is 151 cm³/mol.